The van der Waals surface area contributed by atoms with E-state index in [4.69, 9.17) is 0 Å². The third kappa shape index (κ3) is 3.66. The van der Waals surface area contributed by atoms with Crippen LogP contribution in [0, 0.1) is 5.92 Å². The van der Waals surface area contributed by atoms with E-state index in [1.165, 1.54) is 12.8 Å². The van der Waals surface area contributed by atoms with E-state index >= 15 is 0 Å². The molecule has 0 radical (unpaired) electrons. The topological polar surface area (TPSA) is 37.4 Å². The van der Waals surface area contributed by atoms with Crippen molar-refractivity contribution in [2.45, 2.75) is 31.6 Å². The second-order valence-electron chi connectivity index (χ2n) is 5.41. The van der Waals surface area contributed by atoms with Crippen molar-refractivity contribution < 1.29 is 9.00 Å². The van der Waals surface area contributed by atoms with Crippen molar-refractivity contribution in [1.82, 2.24) is 4.90 Å². The van der Waals surface area contributed by atoms with Gasteiger partial charge in [-0.25, -0.2) is 0 Å². The smallest absolute Gasteiger partial charge is 0.253 e. The summed E-state index contributed by atoms with van der Waals surface area (Å²) in [5.74, 6) is 1.23. The number of carbonyl (C=O) groups is 1. The predicted molar refractivity (Wildman–Crippen MR) is 78.5 cm³/mol. The van der Waals surface area contributed by atoms with Crippen molar-refractivity contribution in [3.8, 4) is 0 Å². The first kappa shape index (κ1) is 14.3. The number of benzene rings is 1. The lowest BCUT2D eigenvalue weighted by Gasteiger charge is -2.25. The average molecular weight is 279 g/mol. The number of nitrogens with zero attached hydrogens (tertiary/aromatic N) is 1. The Morgan fingerprint density at radius 2 is 2.16 bits per heavy atom. The van der Waals surface area contributed by atoms with Crippen LogP contribution < -0.4 is 0 Å². The van der Waals surface area contributed by atoms with Gasteiger partial charge in [0.1, 0.15) is 0 Å². The van der Waals surface area contributed by atoms with E-state index in [0.717, 1.165) is 5.56 Å². The second-order valence-corrected chi connectivity index (χ2v) is 6.85. The van der Waals surface area contributed by atoms with E-state index in [1.54, 1.807) is 6.26 Å². The maximum Gasteiger partial charge on any atom is 0.253 e. The van der Waals surface area contributed by atoms with Crippen LogP contribution in [0.25, 0.3) is 0 Å². The first-order valence-electron chi connectivity index (χ1n) is 6.65. The molecular formula is C15H21NO2S. The van der Waals surface area contributed by atoms with Crippen LogP contribution in [0.2, 0.25) is 0 Å². The first-order valence-corrected chi connectivity index (χ1v) is 8.38. The second kappa shape index (κ2) is 5.87. The Morgan fingerprint density at radius 1 is 1.47 bits per heavy atom. The van der Waals surface area contributed by atoms with Crippen LogP contribution >= 0.6 is 0 Å². The number of hydrogen-bond acceptors (Lipinski definition) is 2. The Labute approximate surface area is 117 Å². The molecule has 4 heteroatoms. The molecule has 1 aliphatic rings. The number of amides is 1. The zero-order valence-corrected chi connectivity index (χ0v) is 12.6. The van der Waals surface area contributed by atoms with Gasteiger partial charge < -0.3 is 4.90 Å². The third-order valence-electron chi connectivity index (χ3n) is 3.78. The standard InChI is InChI=1S/C15H21NO2S/c1-11(13-7-8-13)16(2)15(17)14-6-4-5-12(9-14)10-19(3)18/h4-6,9,11,13H,7-8,10H2,1-3H3/t11-,19+/m1/s1. The molecule has 0 saturated heterocycles. The van der Waals surface area contributed by atoms with Crippen molar-refractivity contribution in [3.63, 3.8) is 0 Å². The van der Waals surface area contributed by atoms with Gasteiger partial charge in [0.15, 0.2) is 0 Å². The summed E-state index contributed by atoms with van der Waals surface area (Å²) in [6.07, 6.45) is 4.14. The quantitative estimate of drug-likeness (QED) is 0.830. The van der Waals surface area contributed by atoms with E-state index in [0.29, 0.717) is 23.3 Å². The van der Waals surface area contributed by atoms with Crippen LogP contribution in [-0.2, 0) is 16.6 Å². The van der Waals surface area contributed by atoms with Gasteiger partial charge in [-0.05, 0) is 43.4 Å². The lowest BCUT2D eigenvalue weighted by molar-refractivity contribution is 0.0727. The van der Waals surface area contributed by atoms with Crippen molar-refractivity contribution >= 4 is 16.7 Å². The van der Waals surface area contributed by atoms with E-state index in [2.05, 4.69) is 6.92 Å². The predicted octanol–water partition coefficient (Wildman–Crippen LogP) is 2.44. The normalized spacial score (nSPS) is 17.8. The Bertz CT molecular complexity index is 497. The molecule has 0 aromatic heterocycles. The van der Waals surface area contributed by atoms with Crippen molar-refractivity contribution in [1.29, 1.82) is 0 Å². The third-order valence-corrected chi connectivity index (χ3v) is 4.52. The van der Waals surface area contributed by atoms with Crippen LogP contribution in [-0.4, -0.2) is 34.4 Å². The maximum atomic E-state index is 12.4. The molecule has 2 rings (SSSR count). The molecule has 0 unspecified atom stereocenters. The van der Waals surface area contributed by atoms with Gasteiger partial charge in [0.25, 0.3) is 5.91 Å². The minimum Gasteiger partial charge on any atom is -0.339 e. The van der Waals surface area contributed by atoms with E-state index in [9.17, 15) is 9.00 Å². The highest BCUT2D eigenvalue weighted by molar-refractivity contribution is 7.83. The molecule has 1 aromatic rings. The molecule has 2 atom stereocenters. The van der Waals surface area contributed by atoms with E-state index in [1.807, 2.05) is 36.2 Å². The summed E-state index contributed by atoms with van der Waals surface area (Å²) in [5.41, 5.74) is 1.65. The zero-order chi connectivity index (χ0) is 14.0. The molecule has 1 amide bonds. The summed E-state index contributed by atoms with van der Waals surface area (Å²) in [6.45, 7) is 2.11. The van der Waals surface area contributed by atoms with Crippen molar-refractivity contribution in [3.05, 3.63) is 35.4 Å². The highest BCUT2D eigenvalue weighted by Crippen LogP contribution is 2.35. The number of hydrogen-bond donors (Lipinski definition) is 0. The van der Waals surface area contributed by atoms with Gasteiger partial charge >= 0.3 is 0 Å². The molecule has 0 bridgehead atoms. The van der Waals surface area contributed by atoms with Crippen LogP contribution in [0.15, 0.2) is 24.3 Å². The first-order chi connectivity index (χ1) is 8.99. The Kier molecular flexibility index (Phi) is 4.40. The number of carbonyl (C=O) groups excluding carboxylic acids is 1. The summed E-state index contributed by atoms with van der Waals surface area (Å²) < 4.78 is 11.2. The summed E-state index contributed by atoms with van der Waals surface area (Å²) in [5, 5.41) is 0. The van der Waals surface area contributed by atoms with Crippen LogP contribution in [0.4, 0.5) is 0 Å². The lowest BCUT2D eigenvalue weighted by Crippen LogP contribution is -2.36. The van der Waals surface area contributed by atoms with Crippen LogP contribution in [0.3, 0.4) is 0 Å². The SMILES string of the molecule is C[C@H](C1CC1)N(C)C(=O)c1cccc(C[S@](C)=O)c1. The van der Waals surface area contributed by atoms with Crippen molar-refractivity contribution in [2.24, 2.45) is 5.92 Å². The Balaban J connectivity index is 2.11. The zero-order valence-electron chi connectivity index (χ0n) is 11.8. The molecular weight excluding hydrogens is 258 g/mol. The van der Waals surface area contributed by atoms with Gasteiger partial charge in [-0.1, -0.05) is 12.1 Å². The molecule has 1 saturated carbocycles. The fourth-order valence-corrected chi connectivity index (χ4v) is 2.96. The molecule has 1 aromatic carbocycles. The Hall–Kier alpha value is -1.16. The minimum absolute atomic E-state index is 0.0585. The van der Waals surface area contributed by atoms with Gasteiger partial charge in [0, 0.05) is 41.5 Å². The summed E-state index contributed by atoms with van der Waals surface area (Å²) in [6, 6.07) is 7.78. The minimum atomic E-state index is -0.880. The van der Waals surface area contributed by atoms with Gasteiger partial charge in [-0.3, -0.25) is 9.00 Å². The largest absolute Gasteiger partial charge is 0.339 e. The molecule has 0 N–H and O–H groups in total. The molecule has 1 aliphatic carbocycles. The van der Waals surface area contributed by atoms with Gasteiger partial charge in [0.05, 0.1) is 0 Å². The average Bonchev–Trinajstić information content (AvgIpc) is 3.20. The molecule has 1 fully saturated rings. The molecule has 0 aliphatic heterocycles. The fourth-order valence-electron chi connectivity index (χ4n) is 2.31. The maximum absolute atomic E-state index is 12.4. The van der Waals surface area contributed by atoms with E-state index < -0.39 is 10.8 Å². The van der Waals surface area contributed by atoms with Gasteiger partial charge in [-0.2, -0.15) is 0 Å². The summed E-state index contributed by atoms with van der Waals surface area (Å²) >= 11 is 0. The van der Waals surface area contributed by atoms with Gasteiger partial charge in [-0.15, -0.1) is 0 Å². The number of rotatable bonds is 5. The van der Waals surface area contributed by atoms with Crippen LogP contribution in [0.1, 0.15) is 35.7 Å². The monoisotopic (exact) mass is 279 g/mol. The van der Waals surface area contributed by atoms with Crippen LogP contribution in [0.5, 0.6) is 0 Å². The van der Waals surface area contributed by atoms with Gasteiger partial charge in [0.2, 0.25) is 0 Å². The molecule has 0 spiro atoms. The highest BCUT2D eigenvalue weighted by atomic mass is 32.2. The van der Waals surface area contributed by atoms with Crippen molar-refractivity contribution in [2.75, 3.05) is 13.3 Å². The Morgan fingerprint density at radius 3 is 2.74 bits per heavy atom. The molecule has 0 heterocycles. The summed E-state index contributed by atoms with van der Waals surface area (Å²) in [4.78, 5) is 14.2. The molecule has 3 nitrogen and oxygen atoms in total. The fraction of sp³-hybridized carbons (Fsp3) is 0.533. The highest BCUT2D eigenvalue weighted by Gasteiger charge is 2.32. The lowest BCUT2D eigenvalue weighted by atomic mass is 10.1. The molecule has 104 valence electrons. The van der Waals surface area contributed by atoms with E-state index in [-0.39, 0.29) is 5.91 Å². The summed E-state index contributed by atoms with van der Waals surface area (Å²) in [7, 11) is 0.991. The molecule has 19 heavy (non-hydrogen) atoms.